The van der Waals surface area contributed by atoms with Crippen molar-refractivity contribution in [2.45, 2.75) is 17.9 Å². The van der Waals surface area contributed by atoms with Crippen molar-refractivity contribution in [3.8, 4) is 0 Å². The van der Waals surface area contributed by atoms with Crippen molar-refractivity contribution in [3.63, 3.8) is 0 Å². The predicted octanol–water partition coefficient (Wildman–Crippen LogP) is 2.30. The maximum Gasteiger partial charge on any atom is 0.414 e. The molecule has 0 bridgehead atoms. The summed E-state index contributed by atoms with van der Waals surface area (Å²) in [7, 11) is 0. The molecule has 8 heteroatoms. The number of carbonyl (C=O) groups is 2. The van der Waals surface area contributed by atoms with Gasteiger partial charge < -0.3 is 14.9 Å². The summed E-state index contributed by atoms with van der Waals surface area (Å²) >= 11 is 1.26. The molecule has 23 heavy (non-hydrogen) atoms. The van der Waals surface area contributed by atoms with Crippen molar-refractivity contribution in [2.75, 3.05) is 30.3 Å². The summed E-state index contributed by atoms with van der Waals surface area (Å²) in [6, 6.07) is 4.52. The third kappa shape index (κ3) is 4.60. The number of thioether (sulfide) groups is 1. The molecular weight excluding hydrogens is 321 g/mol. The first-order valence-corrected chi connectivity index (χ1v) is 7.98. The largest absolute Gasteiger partial charge is 0.442 e. The number of nitrogens with one attached hydrogen (secondary N) is 1. The van der Waals surface area contributed by atoms with E-state index in [1.165, 1.54) is 29.7 Å². The average Bonchev–Trinajstić information content (AvgIpc) is 2.88. The highest BCUT2D eigenvalue weighted by molar-refractivity contribution is 7.99. The lowest BCUT2D eigenvalue weighted by atomic mass is 10.2. The van der Waals surface area contributed by atoms with Crippen molar-refractivity contribution in [1.29, 1.82) is 0 Å². The van der Waals surface area contributed by atoms with Crippen molar-refractivity contribution < 1.29 is 18.7 Å². The first-order chi connectivity index (χ1) is 11.0. The summed E-state index contributed by atoms with van der Waals surface area (Å²) in [4.78, 5) is 27.8. The Morgan fingerprint density at radius 3 is 3.04 bits per heavy atom. The fourth-order valence-electron chi connectivity index (χ4n) is 2.07. The number of carbonyl (C=O) groups excluding carboxylic acids is 2. The summed E-state index contributed by atoms with van der Waals surface area (Å²) in [6.45, 7) is 8.90. The van der Waals surface area contributed by atoms with Crippen LogP contribution < -0.4 is 10.2 Å². The van der Waals surface area contributed by atoms with Crippen LogP contribution in [0.2, 0.25) is 0 Å². The number of halogens is 1. The van der Waals surface area contributed by atoms with E-state index in [2.05, 4.69) is 10.2 Å². The summed E-state index contributed by atoms with van der Waals surface area (Å²) in [5.41, 5.74) is 0.410. The minimum absolute atomic E-state index is 0.202. The molecule has 2 rings (SSSR count). The van der Waals surface area contributed by atoms with E-state index in [-0.39, 0.29) is 19.0 Å². The molecule has 0 spiro atoms. The van der Waals surface area contributed by atoms with E-state index in [1.54, 1.807) is 12.1 Å². The molecule has 1 aromatic rings. The summed E-state index contributed by atoms with van der Waals surface area (Å²) < 4.78 is 19.2. The second-order valence-electron chi connectivity index (χ2n) is 4.90. The molecule has 2 amide bonds. The number of amides is 2. The first-order valence-electron chi connectivity index (χ1n) is 6.99. The third-order valence-electron chi connectivity index (χ3n) is 3.14. The van der Waals surface area contributed by atoms with Gasteiger partial charge in [-0.2, -0.15) is 0 Å². The van der Waals surface area contributed by atoms with Crippen molar-refractivity contribution in [3.05, 3.63) is 35.4 Å². The van der Waals surface area contributed by atoms with Gasteiger partial charge in [-0.15, -0.1) is 11.8 Å². The normalized spacial score (nSPS) is 16.8. The van der Waals surface area contributed by atoms with Gasteiger partial charge in [0.15, 0.2) is 0 Å². The first kappa shape index (κ1) is 17.1. The Kier molecular flexibility index (Phi) is 5.82. The van der Waals surface area contributed by atoms with Crippen molar-refractivity contribution in [1.82, 2.24) is 5.32 Å². The van der Waals surface area contributed by atoms with Gasteiger partial charge in [0.25, 0.3) is 0 Å². The highest BCUT2D eigenvalue weighted by atomic mass is 32.2. The molecule has 0 radical (unpaired) electrons. The number of hydrogen-bond acceptors (Lipinski definition) is 4. The van der Waals surface area contributed by atoms with E-state index in [1.807, 2.05) is 0 Å². The van der Waals surface area contributed by atoms with Crippen molar-refractivity contribution in [2.24, 2.45) is 0 Å². The Balaban J connectivity index is 2.01. The second kappa shape index (κ2) is 7.83. The zero-order chi connectivity index (χ0) is 16.8. The topological polar surface area (TPSA) is 63.0 Å². The maximum absolute atomic E-state index is 14.1. The van der Waals surface area contributed by atoms with Gasteiger partial charge in [0, 0.05) is 11.8 Å². The zero-order valence-electron chi connectivity index (χ0n) is 12.5. The number of rotatable bonds is 6. The Morgan fingerprint density at radius 1 is 1.61 bits per heavy atom. The van der Waals surface area contributed by atoms with Crippen LogP contribution in [-0.2, 0) is 9.53 Å². The van der Waals surface area contributed by atoms with E-state index in [4.69, 9.17) is 11.3 Å². The van der Waals surface area contributed by atoms with E-state index >= 15 is 0 Å². The van der Waals surface area contributed by atoms with Crippen LogP contribution in [0.5, 0.6) is 0 Å². The van der Waals surface area contributed by atoms with Gasteiger partial charge in [-0.3, -0.25) is 9.69 Å². The predicted molar refractivity (Wildman–Crippen MR) is 84.9 cm³/mol. The highest BCUT2D eigenvalue weighted by Gasteiger charge is 2.32. The Morgan fingerprint density at radius 2 is 2.39 bits per heavy atom. The summed E-state index contributed by atoms with van der Waals surface area (Å²) in [5.74, 6) is -0.119. The Labute approximate surface area is 137 Å². The van der Waals surface area contributed by atoms with Crippen LogP contribution in [0.1, 0.15) is 6.92 Å². The zero-order valence-corrected chi connectivity index (χ0v) is 13.4. The Bertz CT molecular complexity index is 647. The second-order valence-corrected chi connectivity index (χ2v) is 6.04. The minimum atomic E-state index is -0.562. The van der Waals surface area contributed by atoms with Crippen LogP contribution in [0, 0.1) is 12.4 Å². The molecule has 0 aliphatic carbocycles. The third-order valence-corrected chi connectivity index (χ3v) is 4.17. The molecule has 1 aliphatic rings. The number of nitrogens with zero attached hydrogens (tertiary/aromatic N) is 2. The number of cyclic esters (lactones) is 1. The smallest absolute Gasteiger partial charge is 0.414 e. The number of ether oxygens (including phenoxy) is 1. The Hall–Kier alpha value is -2.27. The average molecular weight is 337 g/mol. The molecule has 1 fully saturated rings. The maximum atomic E-state index is 14.1. The van der Waals surface area contributed by atoms with Gasteiger partial charge in [-0.05, 0) is 18.2 Å². The molecule has 0 saturated carbocycles. The van der Waals surface area contributed by atoms with Crippen LogP contribution in [0.3, 0.4) is 0 Å². The molecule has 1 atom stereocenters. The molecule has 122 valence electrons. The standard InChI is InChI=1S/C15H16FN3O3S/c1-10(20)18-8-12-9-19(15(21)22-12)11-3-4-14(13(16)7-11)23-6-5-17-2/h3-4,7,12H,5-6,8-9H2,1H3,(H,18,20)/t12-/m0/s1. The fraction of sp³-hybridized carbons (Fsp3) is 0.400. The van der Waals surface area contributed by atoms with Crippen molar-refractivity contribution >= 4 is 29.4 Å². The molecule has 1 aliphatic heterocycles. The molecule has 6 nitrogen and oxygen atoms in total. The lowest BCUT2D eigenvalue weighted by Gasteiger charge is -2.14. The molecule has 0 unspecified atom stereocenters. The number of anilines is 1. The van der Waals surface area contributed by atoms with Crippen LogP contribution in [0.25, 0.3) is 4.85 Å². The quantitative estimate of drug-likeness (QED) is 0.491. The van der Waals surface area contributed by atoms with E-state index in [9.17, 15) is 14.0 Å². The molecular formula is C15H16FN3O3S. The van der Waals surface area contributed by atoms with E-state index in [0.29, 0.717) is 22.9 Å². The van der Waals surface area contributed by atoms with Gasteiger partial charge >= 0.3 is 6.09 Å². The van der Waals surface area contributed by atoms with Crippen LogP contribution in [0.15, 0.2) is 23.1 Å². The lowest BCUT2D eigenvalue weighted by molar-refractivity contribution is -0.119. The van der Waals surface area contributed by atoms with Crippen LogP contribution in [0.4, 0.5) is 14.9 Å². The summed E-state index contributed by atoms with van der Waals surface area (Å²) in [6.07, 6.45) is -1.02. The number of hydrogen-bond donors (Lipinski definition) is 1. The molecule has 1 heterocycles. The van der Waals surface area contributed by atoms with Gasteiger partial charge in [-0.1, -0.05) is 0 Å². The molecule has 1 saturated heterocycles. The van der Waals surface area contributed by atoms with Crippen LogP contribution >= 0.6 is 11.8 Å². The van der Waals surface area contributed by atoms with E-state index in [0.717, 1.165) is 0 Å². The van der Waals surface area contributed by atoms with Crippen LogP contribution in [-0.4, -0.2) is 43.5 Å². The molecule has 1 aromatic carbocycles. The monoisotopic (exact) mass is 337 g/mol. The minimum Gasteiger partial charge on any atom is -0.442 e. The highest BCUT2D eigenvalue weighted by Crippen LogP contribution is 2.28. The summed E-state index contributed by atoms with van der Waals surface area (Å²) in [5, 5.41) is 2.58. The van der Waals surface area contributed by atoms with E-state index < -0.39 is 18.0 Å². The van der Waals surface area contributed by atoms with Gasteiger partial charge in [0.05, 0.1) is 24.5 Å². The molecule has 0 aromatic heterocycles. The van der Waals surface area contributed by atoms with Gasteiger partial charge in [0.2, 0.25) is 12.5 Å². The SMILES string of the molecule is [C-]#[N+]CCSc1ccc(N2C[C@H](CNC(C)=O)OC2=O)cc1F. The number of benzene rings is 1. The molecule has 1 N–H and O–H groups in total. The van der Waals surface area contributed by atoms with Gasteiger partial charge in [-0.25, -0.2) is 15.8 Å². The van der Waals surface area contributed by atoms with Gasteiger partial charge in [0.1, 0.15) is 11.9 Å². The lowest BCUT2D eigenvalue weighted by Crippen LogP contribution is -2.33. The fourth-order valence-corrected chi connectivity index (χ4v) is 2.84.